The van der Waals surface area contributed by atoms with E-state index in [1.165, 1.54) is 42.3 Å². The van der Waals surface area contributed by atoms with Crippen molar-refractivity contribution in [3.8, 4) is 0 Å². The van der Waals surface area contributed by atoms with Crippen molar-refractivity contribution in [1.82, 2.24) is 14.8 Å². The number of carbonyl (C=O) groups is 1. The van der Waals surface area contributed by atoms with E-state index in [0.717, 1.165) is 12.8 Å². The zero-order valence-corrected chi connectivity index (χ0v) is 19.4. The Morgan fingerprint density at radius 3 is 2.23 bits per heavy atom. The molecule has 0 aliphatic rings. The molecule has 0 bridgehead atoms. The Balaban J connectivity index is 0.00000125. The SMILES string of the molecule is CCC.CCC.CCCC(C)(C)C(=O)/C(=C/c1cccc([N+](=O)[O-])c1)n1cncn1. The van der Waals surface area contributed by atoms with Crippen LogP contribution in [0.2, 0.25) is 0 Å². The fourth-order valence-electron chi connectivity index (χ4n) is 2.54. The third-order valence-corrected chi connectivity index (χ3v) is 3.77. The van der Waals surface area contributed by atoms with Gasteiger partial charge in [-0.15, -0.1) is 0 Å². The number of hydrogen-bond acceptors (Lipinski definition) is 5. The second kappa shape index (κ2) is 14.2. The molecular formula is C23H36N4O3. The molecule has 0 radical (unpaired) electrons. The van der Waals surface area contributed by atoms with Gasteiger partial charge in [-0.25, -0.2) is 9.67 Å². The quantitative estimate of drug-likeness (QED) is 0.295. The molecule has 0 saturated heterocycles. The number of Topliss-reactive ketones (excluding diaryl/α,β-unsaturated/α-hetero) is 1. The molecule has 0 saturated carbocycles. The summed E-state index contributed by atoms with van der Waals surface area (Å²) in [5.41, 5.74) is 0.316. The molecular weight excluding hydrogens is 380 g/mol. The number of non-ortho nitro benzene ring substituents is 1. The first-order chi connectivity index (χ1) is 14.2. The number of allylic oxidation sites excluding steroid dienone is 1. The van der Waals surface area contributed by atoms with Gasteiger partial charge >= 0.3 is 0 Å². The van der Waals surface area contributed by atoms with Crippen LogP contribution < -0.4 is 0 Å². The number of aromatic nitrogens is 3. The van der Waals surface area contributed by atoms with Gasteiger partial charge in [-0.2, -0.15) is 5.10 Å². The summed E-state index contributed by atoms with van der Waals surface area (Å²) in [5.74, 6) is -0.0821. The summed E-state index contributed by atoms with van der Waals surface area (Å²) in [6, 6.07) is 6.14. The third-order valence-electron chi connectivity index (χ3n) is 3.77. The van der Waals surface area contributed by atoms with Gasteiger partial charge in [-0.05, 0) is 18.1 Å². The summed E-state index contributed by atoms with van der Waals surface area (Å²) in [6.07, 6.45) is 8.51. The molecule has 30 heavy (non-hydrogen) atoms. The maximum atomic E-state index is 13.0. The van der Waals surface area contributed by atoms with E-state index in [4.69, 9.17) is 0 Å². The van der Waals surface area contributed by atoms with Gasteiger partial charge in [0.05, 0.1) is 4.92 Å². The van der Waals surface area contributed by atoms with Crippen LogP contribution in [0.5, 0.6) is 0 Å². The van der Waals surface area contributed by atoms with Crippen LogP contribution in [-0.2, 0) is 4.79 Å². The second-order valence-electron chi connectivity index (χ2n) is 7.60. The third kappa shape index (κ3) is 9.11. The second-order valence-corrected chi connectivity index (χ2v) is 7.60. The monoisotopic (exact) mass is 416 g/mol. The molecule has 0 aliphatic heterocycles. The van der Waals surface area contributed by atoms with Gasteiger partial charge in [-0.1, -0.05) is 79.9 Å². The van der Waals surface area contributed by atoms with E-state index in [1.807, 2.05) is 20.8 Å². The average molecular weight is 417 g/mol. The van der Waals surface area contributed by atoms with E-state index < -0.39 is 10.3 Å². The number of ketones is 1. The molecule has 7 heteroatoms. The molecule has 0 unspecified atom stereocenters. The topological polar surface area (TPSA) is 90.9 Å². The van der Waals surface area contributed by atoms with Crippen molar-refractivity contribution in [1.29, 1.82) is 0 Å². The fourth-order valence-corrected chi connectivity index (χ4v) is 2.54. The highest BCUT2D eigenvalue weighted by Crippen LogP contribution is 2.29. The van der Waals surface area contributed by atoms with Crippen molar-refractivity contribution < 1.29 is 9.72 Å². The highest BCUT2D eigenvalue weighted by atomic mass is 16.6. The normalized spacial score (nSPS) is 11.0. The first kappa shape index (κ1) is 27.2. The van der Waals surface area contributed by atoms with Crippen LogP contribution in [0.25, 0.3) is 11.8 Å². The highest BCUT2D eigenvalue weighted by molar-refractivity contribution is 6.21. The molecule has 2 aromatic rings. The maximum absolute atomic E-state index is 13.0. The van der Waals surface area contributed by atoms with Gasteiger partial charge in [-0.3, -0.25) is 14.9 Å². The first-order valence-corrected chi connectivity index (χ1v) is 10.5. The predicted octanol–water partition coefficient (Wildman–Crippen LogP) is 6.41. The lowest BCUT2D eigenvalue weighted by atomic mass is 9.81. The molecule has 166 valence electrons. The molecule has 1 aromatic carbocycles. The molecule has 0 amide bonds. The van der Waals surface area contributed by atoms with Crippen molar-refractivity contribution in [2.45, 2.75) is 74.1 Å². The summed E-state index contributed by atoms with van der Waals surface area (Å²) in [6.45, 7) is 14.3. The van der Waals surface area contributed by atoms with Gasteiger partial charge < -0.3 is 0 Å². The number of rotatable bonds is 7. The van der Waals surface area contributed by atoms with E-state index in [0.29, 0.717) is 11.3 Å². The lowest BCUT2D eigenvalue weighted by molar-refractivity contribution is -0.384. The summed E-state index contributed by atoms with van der Waals surface area (Å²) < 4.78 is 1.40. The van der Waals surface area contributed by atoms with Crippen molar-refractivity contribution in [2.24, 2.45) is 5.41 Å². The van der Waals surface area contributed by atoms with Gasteiger partial charge in [0.2, 0.25) is 0 Å². The standard InChI is InChI=1S/C17H20N4O3.2C3H8/c1-4-8-17(2,3)16(22)15(20-12-18-11-19-20)10-13-6-5-7-14(9-13)21(23)24;2*1-3-2/h5-7,9-12H,4,8H2,1-3H3;2*3H2,1-2H3/b15-10-;;. The van der Waals surface area contributed by atoms with Crippen molar-refractivity contribution in [3.63, 3.8) is 0 Å². The number of carbonyl (C=O) groups excluding carboxylic acids is 1. The smallest absolute Gasteiger partial charge is 0.270 e. The Kier molecular flexibility index (Phi) is 12.9. The number of hydrogen-bond donors (Lipinski definition) is 0. The minimum atomic E-state index is -0.562. The van der Waals surface area contributed by atoms with Crippen LogP contribution in [0, 0.1) is 15.5 Å². The number of nitrogens with zero attached hydrogens (tertiary/aromatic N) is 4. The maximum Gasteiger partial charge on any atom is 0.270 e. The van der Waals surface area contributed by atoms with Gasteiger partial charge in [0.1, 0.15) is 18.4 Å². The van der Waals surface area contributed by atoms with Gasteiger partial charge in [0.25, 0.3) is 5.69 Å². The molecule has 1 aromatic heterocycles. The van der Waals surface area contributed by atoms with Crippen LogP contribution in [0.1, 0.15) is 79.7 Å². The van der Waals surface area contributed by atoms with Crippen LogP contribution >= 0.6 is 0 Å². The Bertz CT molecular complexity index is 795. The Morgan fingerprint density at radius 2 is 1.77 bits per heavy atom. The summed E-state index contributed by atoms with van der Waals surface area (Å²) in [5, 5.41) is 15.0. The Morgan fingerprint density at radius 1 is 1.17 bits per heavy atom. The number of nitro groups is 1. The zero-order chi connectivity index (χ0) is 23.2. The van der Waals surface area contributed by atoms with Gasteiger partial charge in [0.15, 0.2) is 5.78 Å². The van der Waals surface area contributed by atoms with Crippen LogP contribution in [0.15, 0.2) is 36.9 Å². The largest absolute Gasteiger partial charge is 0.292 e. The van der Waals surface area contributed by atoms with Crippen LogP contribution in [0.3, 0.4) is 0 Å². The molecule has 0 aliphatic carbocycles. The fraction of sp³-hybridized carbons (Fsp3) is 0.522. The van der Waals surface area contributed by atoms with Crippen molar-refractivity contribution in [3.05, 3.63) is 52.6 Å². The van der Waals surface area contributed by atoms with Crippen LogP contribution in [-0.4, -0.2) is 25.5 Å². The first-order valence-electron chi connectivity index (χ1n) is 10.5. The zero-order valence-electron chi connectivity index (χ0n) is 19.4. The lowest BCUT2D eigenvalue weighted by Gasteiger charge is -2.23. The minimum Gasteiger partial charge on any atom is -0.292 e. The van der Waals surface area contributed by atoms with Crippen LogP contribution in [0.4, 0.5) is 5.69 Å². The van der Waals surface area contributed by atoms with Crippen molar-refractivity contribution >= 4 is 23.2 Å². The Labute approximate surface area is 180 Å². The highest BCUT2D eigenvalue weighted by Gasteiger charge is 2.30. The number of benzene rings is 1. The van der Waals surface area contributed by atoms with E-state index in [1.54, 1.807) is 18.2 Å². The summed E-state index contributed by atoms with van der Waals surface area (Å²) in [7, 11) is 0. The molecule has 0 spiro atoms. The molecule has 0 N–H and O–H groups in total. The molecule has 2 rings (SSSR count). The lowest BCUT2D eigenvalue weighted by Crippen LogP contribution is -2.27. The predicted molar refractivity (Wildman–Crippen MR) is 123 cm³/mol. The summed E-state index contributed by atoms with van der Waals surface area (Å²) >= 11 is 0. The Hall–Kier alpha value is -2.83. The number of nitro benzene ring substituents is 1. The van der Waals surface area contributed by atoms with Gasteiger partial charge in [0, 0.05) is 17.5 Å². The van der Waals surface area contributed by atoms with E-state index in [9.17, 15) is 14.9 Å². The van der Waals surface area contributed by atoms with Crippen molar-refractivity contribution in [2.75, 3.05) is 0 Å². The molecule has 0 fully saturated rings. The molecule has 7 nitrogen and oxygen atoms in total. The van der Waals surface area contributed by atoms with E-state index in [2.05, 4.69) is 37.8 Å². The van der Waals surface area contributed by atoms with E-state index in [-0.39, 0.29) is 11.5 Å². The molecule has 1 heterocycles. The molecule has 0 atom stereocenters. The van der Waals surface area contributed by atoms with E-state index >= 15 is 0 Å². The summed E-state index contributed by atoms with van der Waals surface area (Å²) in [4.78, 5) is 27.4. The minimum absolute atomic E-state index is 0.0260. The average Bonchev–Trinajstić information content (AvgIpc) is 3.21.